The Balaban J connectivity index is 1.58. The second kappa shape index (κ2) is 20.7. The van der Waals surface area contributed by atoms with Crippen LogP contribution in [0.4, 0.5) is 0 Å². The summed E-state index contributed by atoms with van der Waals surface area (Å²) in [6.45, 7) is -1.14. The number of carbonyl (C=O) groups is 8. The molecule has 320 valence electrons. The van der Waals surface area contributed by atoms with Crippen molar-refractivity contribution in [3.63, 3.8) is 0 Å². The van der Waals surface area contributed by atoms with Crippen LogP contribution in [0, 0.1) is 0 Å². The monoisotopic (exact) mass is 838 g/mol. The number of hydrogen-bond acceptors (Lipinski definition) is 17. The van der Waals surface area contributed by atoms with Gasteiger partial charge in [-0.25, -0.2) is 14.4 Å². The van der Waals surface area contributed by atoms with Crippen LogP contribution in [0.15, 0.2) is 48.5 Å². The van der Waals surface area contributed by atoms with Crippen molar-refractivity contribution in [2.45, 2.75) is 57.2 Å². The first-order chi connectivity index (χ1) is 28.5. The van der Waals surface area contributed by atoms with Gasteiger partial charge in [-0.15, -0.1) is 0 Å². The van der Waals surface area contributed by atoms with Gasteiger partial charge in [-0.1, -0.05) is 25.5 Å². The first kappa shape index (κ1) is 45.1. The lowest BCUT2D eigenvalue weighted by molar-refractivity contribution is -0.160. The molecule has 1 aliphatic heterocycles. The smallest absolute Gasteiger partial charge is 0.332 e. The first-order valence-corrected chi connectivity index (χ1v) is 18.3. The summed E-state index contributed by atoms with van der Waals surface area (Å²) in [6, 6.07) is 2.65. The summed E-state index contributed by atoms with van der Waals surface area (Å²) in [5.41, 5.74) is -2.05. The number of hydrogen-bond donors (Lipinski definition) is 10. The molecular formula is C39H42N4O17. The predicted molar refractivity (Wildman–Crippen MR) is 202 cm³/mol. The van der Waals surface area contributed by atoms with E-state index >= 15 is 0 Å². The fourth-order valence-electron chi connectivity index (χ4n) is 5.47. The molecule has 0 saturated carbocycles. The molecule has 0 radical (unpaired) electrons. The van der Waals surface area contributed by atoms with Crippen molar-refractivity contribution in [1.29, 1.82) is 0 Å². The van der Waals surface area contributed by atoms with Crippen LogP contribution in [0.3, 0.4) is 0 Å². The molecule has 3 atom stereocenters. The third-order valence-electron chi connectivity index (χ3n) is 8.87. The number of ketones is 1. The van der Waals surface area contributed by atoms with Crippen molar-refractivity contribution in [1.82, 2.24) is 21.3 Å². The van der Waals surface area contributed by atoms with Crippen LogP contribution < -0.4 is 21.3 Å². The maximum atomic E-state index is 13.5. The van der Waals surface area contributed by atoms with Gasteiger partial charge in [0, 0.05) is 24.9 Å². The average molecular weight is 839 g/mol. The Morgan fingerprint density at radius 2 is 1.00 bits per heavy atom. The molecule has 60 heavy (non-hydrogen) atoms. The number of phenols is 6. The highest BCUT2D eigenvalue weighted by atomic mass is 16.6. The van der Waals surface area contributed by atoms with Crippen molar-refractivity contribution < 1.29 is 83.2 Å². The minimum Gasteiger partial charge on any atom is -0.504 e. The molecule has 21 nitrogen and oxygen atoms in total. The predicted octanol–water partition coefficient (Wildman–Crippen LogP) is 0.528. The van der Waals surface area contributed by atoms with Crippen LogP contribution in [0.2, 0.25) is 0 Å². The second-order valence-corrected chi connectivity index (χ2v) is 13.2. The van der Waals surface area contributed by atoms with Crippen LogP contribution in [0.5, 0.6) is 34.5 Å². The molecule has 3 aromatic rings. The van der Waals surface area contributed by atoms with Crippen molar-refractivity contribution in [2.75, 3.05) is 26.4 Å². The number of esters is 3. The quantitative estimate of drug-likeness (QED) is 0.0458. The summed E-state index contributed by atoms with van der Waals surface area (Å²) >= 11 is 0. The number of aromatic hydroxyl groups is 6. The molecule has 4 amide bonds. The number of para-hydroxylation sites is 2. The molecule has 1 heterocycles. The third kappa shape index (κ3) is 11.7. The molecule has 3 aromatic carbocycles. The normalized spacial score (nSPS) is 17.0. The summed E-state index contributed by atoms with van der Waals surface area (Å²) in [4.78, 5) is 104. The molecule has 1 fully saturated rings. The van der Waals surface area contributed by atoms with Gasteiger partial charge in [-0.05, 0) is 49.2 Å². The van der Waals surface area contributed by atoms with E-state index in [1.165, 1.54) is 12.1 Å². The van der Waals surface area contributed by atoms with Crippen LogP contribution in [0.1, 0.15) is 80.5 Å². The highest BCUT2D eigenvalue weighted by molar-refractivity contribution is 6.04. The molecule has 0 bridgehead atoms. The molecule has 21 heteroatoms. The average Bonchev–Trinajstić information content (AvgIpc) is 3.22. The number of phenolic OH excluding ortho intramolecular Hbond substituents is 6. The number of cyclic esters (lactones) is 3. The van der Waals surface area contributed by atoms with Gasteiger partial charge >= 0.3 is 17.9 Å². The van der Waals surface area contributed by atoms with E-state index in [1.807, 2.05) is 0 Å². The molecule has 0 spiro atoms. The van der Waals surface area contributed by atoms with Crippen LogP contribution >= 0.6 is 0 Å². The zero-order valence-corrected chi connectivity index (χ0v) is 31.9. The summed E-state index contributed by atoms with van der Waals surface area (Å²) in [5.74, 6) is -13.5. The van der Waals surface area contributed by atoms with Gasteiger partial charge in [0.25, 0.3) is 23.6 Å². The molecule has 0 unspecified atom stereocenters. The molecule has 1 aliphatic rings. The fourth-order valence-corrected chi connectivity index (χ4v) is 5.47. The van der Waals surface area contributed by atoms with E-state index in [-0.39, 0.29) is 17.9 Å². The summed E-state index contributed by atoms with van der Waals surface area (Å²) in [7, 11) is 0. The molecule has 10 N–H and O–H groups in total. The number of nitrogens with one attached hydrogen (secondary N) is 4. The zero-order valence-electron chi connectivity index (χ0n) is 31.9. The fraction of sp³-hybridized carbons (Fsp3) is 0.333. The topological polar surface area (TPSA) is 334 Å². The lowest BCUT2D eigenvalue weighted by Crippen LogP contribution is -2.52. The Hall–Kier alpha value is -7.58. The van der Waals surface area contributed by atoms with Gasteiger partial charge in [-0.3, -0.25) is 24.0 Å². The number of benzene rings is 3. The van der Waals surface area contributed by atoms with Crippen LogP contribution in [0.25, 0.3) is 0 Å². The number of Topliss-reactive ketones (excluding diaryl/α,β-unsaturated/α-hetero) is 1. The largest absolute Gasteiger partial charge is 0.504 e. The highest BCUT2D eigenvalue weighted by Crippen LogP contribution is 2.31. The van der Waals surface area contributed by atoms with E-state index in [9.17, 15) is 69.0 Å². The van der Waals surface area contributed by atoms with E-state index in [2.05, 4.69) is 21.3 Å². The molecule has 0 aliphatic carbocycles. The lowest BCUT2D eigenvalue weighted by atomic mass is 10.1. The number of ether oxygens (including phenoxy) is 3. The lowest BCUT2D eigenvalue weighted by Gasteiger charge is -2.25. The van der Waals surface area contributed by atoms with E-state index in [1.54, 1.807) is 6.92 Å². The van der Waals surface area contributed by atoms with Crippen LogP contribution in [-0.2, 0) is 33.4 Å². The standard InChI is InChI=1S/C39H42N4O17/c1-2-20(44)8-4-3-5-13-40-33(51)19-14-23(32(50)29(47)15-19)36(54)43-26-18-60-38(56)24(41-34(52)21-9-6-11-27(45)30(21)48)16-58-37(55)25(17-59-39(26)57)42-35(53)22-10-7-12-28(46)31(22)49/h6-7,9-12,14-15,24-26,45-50H,2-5,8,13,16-18H2,1H3,(H,40,51)(H,41,52)(H,42,53)(H,43,54)/t24-,25-,26-/m0/s1. The first-order valence-electron chi connectivity index (χ1n) is 18.3. The highest BCUT2D eigenvalue weighted by Gasteiger charge is 2.35. The maximum Gasteiger partial charge on any atom is 0.332 e. The molecule has 4 rings (SSSR count). The Bertz CT molecular complexity index is 2090. The Labute approximate surface area is 340 Å². The van der Waals surface area contributed by atoms with Crippen LogP contribution in [-0.4, -0.2) is 122 Å². The van der Waals surface area contributed by atoms with Gasteiger partial charge in [-0.2, -0.15) is 0 Å². The van der Waals surface area contributed by atoms with Gasteiger partial charge in [0.2, 0.25) is 0 Å². The minimum atomic E-state index is -1.98. The number of rotatable bonds is 14. The van der Waals surface area contributed by atoms with E-state index in [0.29, 0.717) is 32.1 Å². The SMILES string of the molecule is CCC(=O)CCCCCNC(=O)c1cc(O)c(O)c(C(=O)N[C@H]2COC(=O)[C@@H](NC(=O)c3cccc(O)c3O)COC(=O)[C@@H](NC(=O)c3cccc(O)c3O)COC2=O)c1. The Kier molecular flexibility index (Phi) is 15.6. The van der Waals surface area contributed by atoms with Crippen molar-refractivity contribution in [3.8, 4) is 34.5 Å². The van der Waals surface area contributed by atoms with E-state index in [4.69, 9.17) is 14.2 Å². The molecule has 1 saturated heterocycles. The Morgan fingerprint density at radius 1 is 0.567 bits per heavy atom. The van der Waals surface area contributed by atoms with Gasteiger partial charge < -0.3 is 66.1 Å². The maximum absolute atomic E-state index is 13.5. The minimum absolute atomic E-state index is 0.110. The summed E-state index contributed by atoms with van der Waals surface area (Å²) in [6.07, 6.45) is 2.58. The molecule has 0 aromatic heterocycles. The third-order valence-corrected chi connectivity index (χ3v) is 8.87. The number of amides is 4. The van der Waals surface area contributed by atoms with E-state index in [0.717, 1.165) is 36.4 Å². The van der Waals surface area contributed by atoms with Gasteiger partial charge in [0.1, 0.15) is 25.6 Å². The number of carbonyl (C=O) groups excluding carboxylic acids is 8. The second-order valence-electron chi connectivity index (χ2n) is 13.2. The summed E-state index contributed by atoms with van der Waals surface area (Å²) < 4.78 is 15.5. The van der Waals surface area contributed by atoms with Crippen molar-refractivity contribution >= 4 is 47.3 Å². The zero-order chi connectivity index (χ0) is 44.1. The molecular weight excluding hydrogens is 796 g/mol. The van der Waals surface area contributed by atoms with Crippen molar-refractivity contribution in [3.05, 3.63) is 70.8 Å². The summed E-state index contributed by atoms with van der Waals surface area (Å²) in [5, 5.41) is 70.0. The van der Waals surface area contributed by atoms with Crippen molar-refractivity contribution in [2.24, 2.45) is 0 Å². The van der Waals surface area contributed by atoms with Gasteiger partial charge in [0.05, 0.1) is 16.7 Å². The van der Waals surface area contributed by atoms with Gasteiger partial charge in [0.15, 0.2) is 52.6 Å². The Morgan fingerprint density at radius 3 is 1.45 bits per heavy atom. The van der Waals surface area contributed by atoms with E-state index < -0.39 is 131 Å². The number of unbranched alkanes of at least 4 members (excludes halogenated alkanes) is 2.